The number of benzene rings is 1. The maximum absolute atomic E-state index is 12.5. The van der Waals surface area contributed by atoms with E-state index in [1.54, 1.807) is 35.9 Å². The van der Waals surface area contributed by atoms with Gasteiger partial charge in [-0.1, -0.05) is 26.0 Å². The van der Waals surface area contributed by atoms with E-state index in [0.29, 0.717) is 42.2 Å². The lowest BCUT2D eigenvalue weighted by Gasteiger charge is -2.10. The highest BCUT2D eigenvalue weighted by Gasteiger charge is 2.20. The van der Waals surface area contributed by atoms with Gasteiger partial charge in [0.2, 0.25) is 0 Å². The Hall–Kier alpha value is -2.87. The lowest BCUT2D eigenvalue weighted by atomic mass is 10.2. The molecule has 2 aromatic heterocycles. The number of nitrogens with one attached hydrogen (secondary N) is 1. The van der Waals surface area contributed by atoms with Crippen LogP contribution in [0.3, 0.4) is 0 Å². The minimum atomic E-state index is -0.486. The summed E-state index contributed by atoms with van der Waals surface area (Å²) < 4.78 is 8.37. The summed E-state index contributed by atoms with van der Waals surface area (Å²) in [6.45, 7) is 5.18. The largest absolute Gasteiger partial charge is 0.508 e. The van der Waals surface area contributed by atoms with E-state index in [1.165, 1.54) is 4.57 Å². The summed E-state index contributed by atoms with van der Waals surface area (Å²) in [4.78, 5) is 31.8. The number of ether oxygens (including phenoxy) is 1. The molecule has 0 saturated heterocycles. The maximum atomic E-state index is 12.5. The van der Waals surface area contributed by atoms with Gasteiger partial charge >= 0.3 is 5.69 Å². The number of hydrogen-bond donors (Lipinski definition) is 2. The number of H-pyrrole nitrogens is 1. The van der Waals surface area contributed by atoms with Crippen LogP contribution in [0.4, 0.5) is 0 Å². The van der Waals surface area contributed by atoms with Crippen molar-refractivity contribution in [1.29, 1.82) is 0 Å². The first kappa shape index (κ1) is 17.9. The first-order chi connectivity index (χ1) is 12.4. The van der Waals surface area contributed by atoms with E-state index < -0.39 is 11.2 Å². The van der Waals surface area contributed by atoms with Gasteiger partial charge in [-0.15, -0.1) is 0 Å². The van der Waals surface area contributed by atoms with Gasteiger partial charge in [0.15, 0.2) is 11.2 Å². The van der Waals surface area contributed by atoms with E-state index >= 15 is 0 Å². The van der Waals surface area contributed by atoms with Gasteiger partial charge in [0.05, 0.1) is 6.61 Å². The lowest BCUT2D eigenvalue weighted by Crippen LogP contribution is -2.32. The molecule has 0 aliphatic rings. The minimum absolute atomic E-state index is 0.0985. The Bertz CT molecular complexity index is 1050. The maximum Gasteiger partial charge on any atom is 0.330 e. The molecular weight excluding hydrogens is 336 g/mol. The Kier molecular flexibility index (Phi) is 4.94. The summed E-state index contributed by atoms with van der Waals surface area (Å²) >= 11 is 0. The van der Waals surface area contributed by atoms with Crippen molar-refractivity contribution in [2.24, 2.45) is 5.92 Å². The van der Waals surface area contributed by atoms with Crippen LogP contribution in [0.1, 0.15) is 13.8 Å². The predicted molar refractivity (Wildman–Crippen MR) is 98.4 cm³/mol. The molecule has 0 atom stereocenters. The van der Waals surface area contributed by atoms with Gasteiger partial charge in [-0.05, 0) is 18.1 Å². The van der Waals surface area contributed by atoms with Gasteiger partial charge in [-0.25, -0.2) is 9.78 Å². The molecular formula is C18H22N4O4. The topological polar surface area (TPSA) is 102 Å². The number of fused-ring (bicyclic) bond motifs is 1. The third-order valence-corrected chi connectivity index (χ3v) is 4.06. The first-order valence-electron chi connectivity index (χ1n) is 8.44. The average Bonchev–Trinajstić information content (AvgIpc) is 2.96. The SMILES string of the molecule is COCCn1c(-c2cccc(O)c2)nc2c1c(=O)[nH]c(=O)n2CC(C)C. The Morgan fingerprint density at radius 2 is 2.04 bits per heavy atom. The number of phenolic OH excluding ortho intramolecular Hbond substituents is 1. The molecule has 8 nitrogen and oxygen atoms in total. The Balaban J connectivity index is 2.35. The smallest absolute Gasteiger partial charge is 0.330 e. The molecule has 0 amide bonds. The average molecular weight is 358 g/mol. The van der Waals surface area contributed by atoms with Crippen molar-refractivity contribution in [1.82, 2.24) is 19.1 Å². The molecule has 3 aromatic rings. The standard InChI is InChI=1S/C18H22N4O4/c1-11(2)10-22-16-14(17(24)20-18(22)25)21(7-8-26-3)15(19-16)12-5-4-6-13(23)9-12/h4-6,9,11,23H,7-8,10H2,1-3H3,(H,20,24,25). The molecule has 138 valence electrons. The monoisotopic (exact) mass is 358 g/mol. The zero-order chi connectivity index (χ0) is 18.8. The van der Waals surface area contributed by atoms with Crippen molar-refractivity contribution in [2.75, 3.05) is 13.7 Å². The number of phenols is 1. The van der Waals surface area contributed by atoms with Crippen LogP contribution in [0.2, 0.25) is 0 Å². The zero-order valence-corrected chi connectivity index (χ0v) is 15.0. The fourth-order valence-electron chi connectivity index (χ4n) is 2.97. The minimum Gasteiger partial charge on any atom is -0.508 e. The van der Waals surface area contributed by atoms with Crippen LogP contribution in [0.5, 0.6) is 5.75 Å². The number of methoxy groups -OCH3 is 1. The second-order valence-corrected chi connectivity index (χ2v) is 6.57. The number of hydrogen-bond acceptors (Lipinski definition) is 5. The molecule has 0 unspecified atom stereocenters. The van der Waals surface area contributed by atoms with Gasteiger partial charge in [0.25, 0.3) is 5.56 Å². The number of aromatic nitrogens is 4. The first-order valence-corrected chi connectivity index (χ1v) is 8.44. The quantitative estimate of drug-likeness (QED) is 0.696. The molecule has 0 bridgehead atoms. The van der Waals surface area contributed by atoms with Crippen LogP contribution in [0, 0.1) is 5.92 Å². The van der Waals surface area contributed by atoms with Crippen molar-refractivity contribution >= 4 is 11.2 Å². The number of imidazole rings is 1. The molecule has 1 aromatic carbocycles. The summed E-state index contributed by atoms with van der Waals surface area (Å²) in [5.41, 5.74) is 0.345. The molecule has 8 heteroatoms. The second-order valence-electron chi connectivity index (χ2n) is 6.57. The highest BCUT2D eigenvalue weighted by atomic mass is 16.5. The Morgan fingerprint density at radius 1 is 1.27 bits per heavy atom. The summed E-state index contributed by atoms with van der Waals surface area (Å²) in [5.74, 6) is 0.804. The van der Waals surface area contributed by atoms with E-state index in [9.17, 15) is 14.7 Å². The fraction of sp³-hybridized carbons (Fsp3) is 0.389. The van der Waals surface area contributed by atoms with Crippen molar-refractivity contribution in [3.05, 3.63) is 45.1 Å². The molecule has 0 spiro atoms. The molecule has 2 N–H and O–H groups in total. The molecule has 0 aliphatic carbocycles. The van der Waals surface area contributed by atoms with Gasteiger partial charge in [0.1, 0.15) is 11.6 Å². The van der Waals surface area contributed by atoms with Gasteiger partial charge in [-0.3, -0.25) is 14.3 Å². The van der Waals surface area contributed by atoms with E-state index in [2.05, 4.69) is 9.97 Å². The zero-order valence-electron chi connectivity index (χ0n) is 15.0. The summed E-state index contributed by atoms with van der Waals surface area (Å²) in [7, 11) is 1.58. The normalized spacial score (nSPS) is 11.5. The van der Waals surface area contributed by atoms with E-state index in [0.717, 1.165) is 0 Å². The molecule has 2 heterocycles. The van der Waals surface area contributed by atoms with Crippen LogP contribution >= 0.6 is 0 Å². The molecule has 0 aliphatic heterocycles. The lowest BCUT2D eigenvalue weighted by molar-refractivity contribution is 0.188. The highest BCUT2D eigenvalue weighted by Crippen LogP contribution is 2.25. The number of rotatable bonds is 6. The van der Waals surface area contributed by atoms with Crippen molar-refractivity contribution in [2.45, 2.75) is 26.9 Å². The summed E-state index contributed by atoms with van der Waals surface area (Å²) in [6, 6.07) is 6.64. The van der Waals surface area contributed by atoms with E-state index in [1.807, 2.05) is 13.8 Å². The van der Waals surface area contributed by atoms with Crippen LogP contribution in [-0.4, -0.2) is 37.9 Å². The Labute approximate surface area is 149 Å². The molecule has 3 rings (SSSR count). The molecule has 0 radical (unpaired) electrons. The summed E-state index contributed by atoms with van der Waals surface area (Å²) in [5, 5.41) is 9.80. The second kappa shape index (κ2) is 7.17. The number of aromatic hydroxyl groups is 1. The van der Waals surface area contributed by atoms with E-state index in [4.69, 9.17) is 4.74 Å². The van der Waals surface area contributed by atoms with Gasteiger partial charge in [-0.2, -0.15) is 0 Å². The van der Waals surface area contributed by atoms with Crippen LogP contribution < -0.4 is 11.2 Å². The van der Waals surface area contributed by atoms with Crippen LogP contribution in [0.15, 0.2) is 33.9 Å². The fourth-order valence-corrected chi connectivity index (χ4v) is 2.97. The molecule has 0 saturated carbocycles. The Morgan fingerprint density at radius 3 is 2.69 bits per heavy atom. The van der Waals surface area contributed by atoms with Crippen molar-refractivity contribution in [3.8, 4) is 17.1 Å². The predicted octanol–water partition coefficient (Wildman–Crippen LogP) is 1.56. The highest BCUT2D eigenvalue weighted by molar-refractivity contribution is 5.77. The van der Waals surface area contributed by atoms with Crippen LogP contribution in [-0.2, 0) is 17.8 Å². The third kappa shape index (κ3) is 3.28. The third-order valence-electron chi connectivity index (χ3n) is 4.06. The number of aromatic amines is 1. The molecule has 26 heavy (non-hydrogen) atoms. The summed E-state index contributed by atoms with van der Waals surface area (Å²) in [6.07, 6.45) is 0. The van der Waals surface area contributed by atoms with Crippen molar-refractivity contribution in [3.63, 3.8) is 0 Å². The van der Waals surface area contributed by atoms with Crippen molar-refractivity contribution < 1.29 is 9.84 Å². The molecule has 0 fully saturated rings. The van der Waals surface area contributed by atoms with Gasteiger partial charge < -0.3 is 14.4 Å². The van der Waals surface area contributed by atoms with Gasteiger partial charge in [0, 0.05) is 25.8 Å². The number of nitrogens with zero attached hydrogens (tertiary/aromatic N) is 3. The van der Waals surface area contributed by atoms with Crippen LogP contribution in [0.25, 0.3) is 22.6 Å². The van der Waals surface area contributed by atoms with E-state index in [-0.39, 0.29) is 11.7 Å².